The molecule has 0 aliphatic rings. The summed E-state index contributed by atoms with van der Waals surface area (Å²) in [5, 5.41) is 7.26. The van der Waals surface area contributed by atoms with Crippen LogP contribution in [0.3, 0.4) is 0 Å². The van der Waals surface area contributed by atoms with Crippen molar-refractivity contribution in [3.05, 3.63) is 29.2 Å². The van der Waals surface area contributed by atoms with Gasteiger partial charge in [0.2, 0.25) is 0 Å². The van der Waals surface area contributed by atoms with E-state index in [0.29, 0.717) is 0 Å². The lowest BCUT2D eigenvalue weighted by molar-refractivity contribution is 0.392. The van der Waals surface area contributed by atoms with Gasteiger partial charge in [-0.2, -0.15) is 0 Å². The molecule has 1 rings (SSSR count). The highest BCUT2D eigenvalue weighted by Crippen LogP contribution is 2.11. The number of hydrogen-bond acceptors (Lipinski definition) is 3. The highest BCUT2D eigenvalue weighted by molar-refractivity contribution is 5.20. The van der Waals surface area contributed by atoms with Crippen molar-refractivity contribution in [3.63, 3.8) is 0 Å². The number of nitrogens with zero attached hydrogens (tertiary/aromatic N) is 1. The molecular weight excluding hydrogens is 176 g/mol. The van der Waals surface area contributed by atoms with Crippen molar-refractivity contribution < 1.29 is 4.52 Å². The fraction of sp³-hybridized carbons (Fsp3) is 0.545. The second kappa shape index (κ2) is 5.60. The van der Waals surface area contributed by atoms with E-state index in [1.807, 2.05) is 20.8 Å². The van der Waals surface area contributed by atoms with E-state index >= 15 is 0 Å². The number of aromatic nitrogens is 1. The second-order valence-electron chi connectivity index (χ2n) is 3.34. The first-order valence-corrected chi connectivity index (χ1v) is 4.99. The summed E-state index contributed by atoms with van der Waals surface area (Å²) < 4.78 is 5.07. The Morgan fingerprint density at radius 2 is 2.21 bits per heavy atom. The first-order chi connectivity index (χ1) is 6.75. The Morgan fingerprint density at radius 3 is 2.79 bits per heavy atom. The molecular formula is C11H18N2O. The third-order valence-electron chi connectivity index (χ3n) is 2.21. The predicted octanol–water partition coefficient (Wildman–Crippen LogP) is 2.35. The molecule has 0 unspecified atom stereocenters. The normalized spacial score (nSPS) is 11.4. The zero-order chi connectivity index (χ0) is 10.4. The Kier molecular flexibility index (Phi) is 4.40. The van der Waals surface area contributed by atoms with Crippen molar-refractivity contribution >= 4 is 0 Å². The van der Waals surface area contributed by atoms with Gasteiger partial charge in [0, 0.05) is 12.1 Å². The first-order valence-electron chi connectivity index (χ1n) is 4.99. The average molecular weight is 194 g/mol. The molecule has 0 aromatic carbocycles. The van der Waals surface area contributed by atoms with Crippen molar-refractivity contribution in [1.82, 2.24) is 10.5 Å². The van der Waals surface area contributed by atoms with Crippen LogP contribution in [0, 0.1) is 13.8 Å². The molecule has 0 atom stereocenters. The molecule has 0 aliphatic heterocycles. The first kappa shape index (κ1) is 11.0. The molecule has 0 aliphatic carbocycles. The summed E-state index contributed by atoms with van der Waals surface area (Å²) in [5.74, 6) is 0.918. The lowest BCUT2D eigenvalue weighted by Crippen LogP contribution is -2.14. The number of aryl methyl sites for hydroxylation is 2. The van der Waals surface area contributed by atoms with Crippen molar-refractivity contribution in [2.45, 2.75) is 33.7 Å². The molecule has 3 nitrogen and oxygen atoms in total. The number of nitrogens with one attached hydrogen (secondary N) is 1. The number of rotatable bonds is 5. The Hall–Kier alpha value is -1.09. The van der Waals surface area contributed by atoms with Crippen molar-refractivity contribution in [3.8, 4) is 0 Å². The van der Waals surface area contributed by atoms with Gasteiger partial charge in [0.1, 0.15) is 5.76 Å². The second-order valence-corrected chi connectivity index (χ2v) is 3.34. The van der Waals surface area contributed by atoms with Crippen LogP contribution in [0.25, 0.3) is 0 Å². The molecule has 1 aromatic rings. The molecule has 0 radical (unpaired) electrons. The Morgan fingerprint density at radius 1 is 1.43 bits per heavy atom. The van der Waals surface area contributed by atoms with Gasteiger partial charge in [-0.3, -0.25) is 0 Å². The fourth-order valence-electron chi connectivity index (χ4n) is 1.32. The predicted molar refractivity (Wildman–Crippen MR) is 57.1 cm³/mol. The van der Waals surface area contributed by atoms with Crippen LogP contribution in [0.5, 0.6) is 0 Å². The molecule has 1 heterocycles. The van der Waals surface area contributed by atoms with Crippen molar-refractivity contribution in [1.29, 1.82) is 0 Å². The lowest BCUT2D eigenvalue weighted by Gasteiger charge is -2.01. The zero-order valence-corrected chi connectivity index (χ0v) is 9.13. The third-order valence-corrected chi connectivity index (χ3v) is 2.21. The van der Waals surface area contributed by atoms with Gasteiger partial charge in [0.25, 0.3) is 0 Å². The quantitative estimate of drug-likeness (QED) is 0.577. The largest absolute Gasteiger partial charge is 0.361 e. The van der Waals surface area contributed by atoms with Crippen LogP contribution in [0.4, 0.5) is 0 Å². The molecule has 14 heavy (non-hydrogen) atoms. The lowest BCUT2D eigenvalue weighted by atomic mass is 10.2. The van der Waals surface area contributed by atoms with Gasteiger partial charge in [-0.05, 0) is 33.7 Å². The topological polar surface area (TPSA) is 38.1 Å². The van der Waals surface area contributed by atoms with Crippen molar-refractivity contribution in [2.24, 2.45) is 0 Å². The summed E-state index contributed by atoms with van der Waals surface area (Å²) >= 11 is 0. The van der Waals surface area contributed by atoms with E-state index in [-0.39, 0.29) is 0 Å². The van der Waals surface area contributed by atoms with E-state index in [9.17, 15) is 0 Å². The van der Waals surface area contributed by atoms with E-state index in [2.05, 4.69) is 22.6 Å². The molecule has 0 saturated heterocycles. The maximum atomic E-state index is 5.07. The minimum absolute atomic E-state index is 0.846. The van der Waals surface area contributed by atoms with E-state index in [4.69, 9.17) is 4.52 Å². The Labute approximate surface area is 85.2 Å². The highest BCUT2D eigenvalue weighted by Gasteiger charge is 2.06. The van der Waals surface area contributed by atoms with Gasteiger partial charge in [0.05, 0.1) is 5.69 Å². The van der Waals surface area contributed by atoms with Crippen LogP contribution in [-0.4, -0.2) is 11.7 Å². The summed E-state index contributed by atoms with van der Waals surface area (Å²) in [5.41, 5.74) is 2.17. The SMILES string of the molecule is C/C=C/CCNCc1c(C)noc1C. The third kappa shape index (κ3) is 3.00. The summed E-state index contributed by atoms with van der Waals surface area (Å²) in [4.78, 5) is 0. The monoisotopic (exact) mass is 194 g/mol. The van der Waals surface area contributed by atoms with Gasteiger partial charge in [-0.1, -0.05) is 17.3 Å². The van der Waals surface area contributed by atoms with E-state index in [1.54, 1.807) is 0 Å². The maximum Gasteiger partial charge on any atom is 0.138 e. The summed E-state index contributed by atoms with van der Waals surface area (Å²) in [6, 6.07) is 0. The number of allylic oxidation sites excluding steroid dienone is 1. The van der Waals surface area contributed by atoms with E-state index < -0.39 is 0 Å². The fourth-order valence-corrected chi connectivity index (χ4v) is 1.32. The van der Waals surface area contributed by atoms with Crippen molar-refractivity contribution in [2.75, 3.05) is 6.54 Å². The van der Waals surface area contributed by atoms with Gasteiger partial charge in [-0.15, -0.1) is 0 Å². The van der Waals surface area contributed by atoms with Gasteiger partial charge in [0.15, 0.2) is 0 Å². The zero-order valence-electron chi connectivity index (χ0n) is 9.13. The minimum atomic E-state index is 0.846. The van der Waals surface area contributed by atoms with Crippen LogP contribution in [0.1, 0.15) is 30.4 Å². The van der Waals surface area contributed by atoms with E-state index in [1.165, 1.54) is 5.56 Å². The molecule has 1 N–H and O–H groups in total. The van der Waals surface area contributed by atoms with Crippen LogP contribution < -0.4 is 5.32 Å². The molecule has 0 bridgehead atoms. The van der Waals surface area contributed by atoms with Gasteiger partial charge >= 0.3 is 0 Å². The number of hydrogen-bond donors (Lipinski definition) is 1. The molecule has 0 spiro atoms. The Balaban J connectivity index is 2.31. The smallest absolute Gasteiger partial charge is 0.138 e. The standard InChI is InChI=1S/C11H18N2O/c1-4-5-6-7-12-8-11-9(2)13-14-10(11)3/h4-5,12H,6-8H2,1-3H3/b5-4+. The molecule has 0 amide bonds. The van der Waals surface area contributed by atoms with Crippen LogP contribution in [0.15, 0.2) is 16.7 Å². The van der Waals surface area contributed by atoms with E-state index in [0.717, 1.165) is 31.0 Å². The minimum Gasteiger partial charge on any atom is -0.361 e. The Bertz CT molecular complexity index is 283. The van der Waals surface area contributed by atoms with Crippen LogP contribution in [0.2, 0.25) is 0 Å². The maximum absolute atomic E-state index is 5.07. The highest BCUT2D eigenvalue weighted by atomic mass is 16.5. The molecule has 0 fully saturated rings. The molecule has 3 heteroatoms. The molecule has 1 aromatic heterocycles. The molecule has 0 saturated carbocycles. The summed E-state index contributed by atoms with van der Waals surface area (Å²) in [6.07, 6.45) is 5.29. The summed E-state index contributed by atoms with van der Waals surface area (Å²) in [6.45, 7) is 7.80. The van der Waals surface area contributed by atoms with Gasteiger partial charge in [-0.25, -0.2) is 0 Å². The van der Waals surface area contributed by atoms with Crippen LogP contribution >= 0.6 is 0 Å². The van der Waals surface area contributed by atoms with Crippen LogP contribution in [-0.2, 0) is 6.54 Å². The molecule has 78 valence electrons. The van der Waals surface area contributed by atoms with Gasteiger partial charge < -0.3 is 9.84 Å². The summed E-state index contributed by atoms with van der Waals surface area (Å²) in [7, 11) is 0. The average Bonchev–Trinajstić information content (AvgIpc) is 2.48.